The van der Waals surface area contributed by atoms with E-state index in [1.54, 1.807) is 19.9 Å². The van der Waals surface area contributed by atoms with Gasteiger partial charge in [0.1, 0.15) is 18.8 Å². The topological polar surface area (TPSA) is 114 Å². The van der Waals surface area contributed by atoms with Crippen molar-refractivity contribution in [1.29, 1.82) is 0 Å². The van der Waals surface area contributed by atoms with E-state index in [9.17, 15) is 14.4 Å². The minimum atomic E-state index is -0.530. The van der Waals surface area contributed by atoms with E-state index in [4.69, 9.17) is 9.26 Å². The van der Waals surface area contributed by atoms with Gasteiger partial charge >= 0.3 is 12.0 Å². The van der Waals surface area contributed by atoms with E-state index in [0.717, 1.165) is 0 Å². The van der Waals surface area contributed by atoms with Crippen molar-refractivity contribution in [2.24, 2.45) is 0 Å². The van der Waals surface area contributed by atoms with Crippen molar-refractivity contribution >= 4 is 23.7 Å². The molecular weight excluding hydrogens is 316 g/mol. The molecule has 134 valence electrons. The highest BCUT2D eigenvalue weighted by Crippen LogP contribution is 2.08. The predicted molar refractivity (Wildman–Crippen MR) is 86.4 cm³/mol. The predicted octanol–water partition coefficient (Wildman–Crippen LogP) is 1.29. The molecule has 0 bridgehead atoms. The van der Waals surface area contributed by atoms with Crippen LogP contribution >= 0.6 is 0 Å². The summed E-state index contributed by atoms with van der Waals surface area (Å²) in [6.45, 7) is 6.92. The van der Waals surface area contributed by atoms with Gasteiger partial charge in [-0.15, -0.1) is 0 Å². The lowest BCUT2D eigenvalue weighted by atomic mass is 10.2. The zero-order valence-electron chi connectivity index (χ0n) is 14.4. The maximum atomic E-state index is 12.2. The fraction of sp³-hybridized carbons (Fsp3) is 0.600. The number of aryl methyl sites for hydroxylation is 1. The smallest absolute Gasteiger partial charge is 0.325 e. The maximum Gasteiger partial charge on any atom is 0.325 e. The number of hydrogen-bond acceptors (Lipinski definition) is 6. The summed E-state index contributed by atoms with van der Waals surface area (Å²) in [7, 11) is 0. The number of carbonyl (C=O) groups is 3. The minimum absolute atomic E-state index is 0.171. The summed E-state index contributed by atoms with van der Waals surface area (Å²) in [4.78, 5) is 37.0. The third-order valence-corrected chi connectivity index (χ3v) is 3.28. The standard InChI is InChI=1S/C15H24N4O5/c1-5-10(3)19(15(22)16-8-14(21)23-6-2)9-13(20)17-12-7-11(4)24-18-12/h7,10H,5-6,8-9H2,1-4H3,(H,16,22)(H,17,18,20). The summed E-state index contributed by atoms with van der Waals surface area (Å²) in [6.07, 6.45) is 0.656. The SMILES string of the molecule is CCOC(=O)CNC(=O)N(CC(=O)Nc1cc(C)on1)C(C)CC. The number of amides is 3. The summed E-state index contributed by atoms with van der Waals surface area (Å²) in [5.74, 6) is -0.0860. The molecule has 1 aromatic rings. The summed E-state index contributed by atoms with van der Waals surface area (Å²) in [5, 5.41) is 8.68. The lowest BCUT2D eigenvalue weighted by Crippen LogP contribution is -2.49. The number of urea groups is 1. The molecule has 0 saturated carbocycles. The molecule has 2 N–H and O–H groups in total. The van der Waals surface area contributed by atoms with Gasteiger partial charge in [0, 0.05) is 12.1 Å². The van der Waals surface area contributed by atoms with Crippen LogP contribution in [-0.2, 0) is 14.3 Å². The molecule has 1 atom stereocenters. The number of aromatic nitrogens is 1. The fourth-order valence-electron chi connectivity index (χ4n) is 1.87. The molecule has 0 aliphatic rings. The summed E-state index contributed by atoms with van der Waals surface area (Å²) in [6, 6.07) is 0.882. The molecule has 0 aliphatic carbocycles. The molecule has 0 saturated heterocycles. The Morgan fingerprint density at radius 2 is 2.08 bits per heavy atom. The Kier molecular flexibility index (Phi) is 7.73. The van der Waals surface area contributed by atoms with Crippen LogP contribution in [0.1, 0.15) is 33.0 Å². The second kappa shape index (κ2) is 9.53. The van der Waals surface area contributed by atoms with Gasteiger partial charge in [-0.2, -0.15) is 0 Å². The number of hydrogen-bond donors (Lipinski definition) is 2. The summed E-state index contributed by atoms with van der Waals surface area (Å²) >= 11 is 0. The number of anilines is 1. The average molecular weight is 340 g/mol. The van der Waals surface area contributed by atoms with Gasteiger partial charge in [-0.1, -0.05) is 12.1 Å². The molecule has 9 heteroatoms. The molecular formula is C15H24N4O5. The molecule has 3 amide bonds. The van der Waals surface area contributed by atoms with Crippen LogP contribution in [0.2, 0.25) is 0 Å². The molecule has 1 heterocycles. The van der Waals surface area contributed by atoms with E-state index < -0.39 is 17.9 Å². The zero-order chi connectivity index (χ0) is 18.1. The van der Waals surface area contributed by atoms with Crippen LogP contribution in [0.5, 0.6) is 0 Å². The van der Waals surface area contributed by atoms with Crippen molar-refractivity contribution in [2.45, 2.75) is 40.2 Å². The van der Waals surface area contributed by atoms with E-state index >= 15 is 0 Å². The monoisotopic (exact) mass is 340 g/mol. The fourth-order valence-corrected chi connectivity index (χ4v) is 1.87. The quantitative estimate of drug-likeness (QED) is 0.689. The third kappa shape index (κ3) is 6.27. The van der Waals surface area contributed by atoms with Crippen molar-refractivity contribution in [1.82, 2.24) is 15.4 Å². The Morgan fingerprint density at radius 1 is 1.38 bits per heavy atom. The van der Waals surface area contributed by atoms with Gasteiger partial charge in [-0.05, 0) is 27.2 Å². The highest BCUT2D eigenvalue weighted by molar-refractivity contribution is 5.94. The largest absolute Gasteiger partial charge is 0.465 e. The molecule has 1 unspecified atom stereocenters. The lowest BCUT2D eigenvalue weighted by Gasteiger charge is -2.27. The van der Waals surface area contributed by atoms with Crippen molar-refractivity contribution < 1.29 is 23.6 Å². The molecule has 0 radical (unpaired) electrons. The number of nitrogens with zero attached hydrogens (tertiary/aromatic N) is 2. The number of rotatable bonds is 8. The van der Waals surface area contributed by atoms with Crippen LogP contribution in [0.4, 0.5) is 10.6 Å². The van der Waals surface area contributed by atoms with Gasteiger partial charge in [-0.25, -0.2) is 4.79 Å². The van der Waals surface area contributed by atoms with Crippen molar-refractivity contribution in [3.8, 4) is 0 Å². The van der Waals surface area contributed by atoms with E-state index in [-0.39, 0.29) is 31.6 Å². The van der Waals surface area contributed by atoms with Crippen LogP contribution in [0.25, 0.3) is 0 Å². The normalized spacial score (nSPS) is 11.5. The van der Waals surface area contributed by atoms with Crippen LogP contribution in [0, 0.1) is 6.92 Å². The summed E-state index contributed by atoms with van der Waals surface area (Å²) < 4.78 is 9.62. The molecule has 24 heavy (non-hydrogen) atoms. The molecule has 1 rings (SSSR count). The van der Waals surface area contributed by atoms with E-state index in [2.05, 4.69) is 15.8 Å². The van der Waals surface area contributed by atoms with E-state index in [1.165, 1.54) is 4.90 Å². The van der Waals surface area contributed by atoms with E-state index in [0.29, 0.717) is 12.2 Å². The van der Waals surface area contributed by atoms with E-state index in [1.807, 2.05) is 13.8 Å². The van der Waals surface area contributed by atoms with Gasteiger partial charge in [0.15, 0.2) is 5.82 Å². The average Bonchev–Trinajstić information content (AvgIpc) is 2.94. The Hall–Kier alpha value is -2.58. The molecule has 0 spiro atoms. The molecule has 1 aromatic heterocycles. The van der Waals surface area contributed by atoms with Crippen molar-refractivity contribution in [3.05, 3.63) is 11.8 Å². The molecule has 9 nitrogen and oxygen atoms in total. The van der Waals surface area contributed by atoms with Crippen molar-refractivity contribution in [3.63, 3.8) is 0 Å². The van der Waals surface area contributed by atoms with Crippen LogP contribution < -0.4 is 10.6 Å². The lowest BCUT2D eigenvalue weighted by molar-refractivity contribution is -0.141. The highest BCUT2D eigenvalue weighted by Gasteiger charge is 2.22. The number of carbonyl (C=O) groups excluding carboxylic acids is 3. The van der Waals surface area contributed by atoms with Gasteiger partial charge in [-0.3, -0.25) is 9.59 Å². The van der Waals surface area contributed by atoms with Gasteiger partial charge < -0.3 is 24.8 Å². The number of nitrogens with one attached hydrogen (secondary N) is 2. The first-order chi connectivity index (χ1) is 11.4. The Balaban J connectivity index is 2.62. The molecule has 0 aliphatic heterocycles. The molecule has 0 fully saturated rings. The van der Waals surface area contributed by atoms with Crippen LogP contribution in [0.15, 0.2) is 10.6 Å². The highest BCUT2D eigenvalue weighted by atomic mass is 16.5. The first-order valence-corrected chi connectivity index (χ1v) is 7.80. The second-order valence-corrected chi connectivity index (χ2v) is 5.22. The zero-order valence-corrected chi connectivity index (χ0v) is 14.4. The maximum absolute atomic E-state index is 12.2. The number of esters is 1. The van der Waals surface area contributed by atoms with Crippen LogP contribution in [0.3, 0.4) is 0 Å². The first kappa shape index (κ1) is 19.5. The Labute approximate surface area is 140 Å². The minimum Gasteiger partial charge on any atom is -0.465 e. The van der Waals surface area contributed by atoms with Crippen molar-refractivity contribution in [2.75, 3.05) is 25.0 Å². The molecule has 0 aromatic carbocycles. The Bertz CT molecular complexity index is 572. The summed E-state index contributed by atoms with van der Waals surface area (Å²) in [5.41, 5.74) is 0. The van der Waals surface area contributed by atoms with Gasteiger partial charge in [0.2, 0.25) is 5.91 Å². The van der Waals surface area contributed by atoms with Gasteiger partial charge in [0.25, 0.3) is 0 Å². The third-order valence-electron chi connectivity index (χ3n) is 3.28. The Morgan fingerprint density at radius 3 is 2.62 bits per heavy atom. The first-order valence-electron chi connectivity index (χ1n) is 7.80. The number of ether oxygens (including phenoxy) is 1. The second-order valence-electron chi connectivity index (χ2n) is 5.22. The van der Waals surface area contributed by atoms with Gasteiger partial charge in [0.05, 0.1) is 6.61 Å². The van der Waals surface area contributed by atoms with Crippen LogP contribution in [-0.4, -0.2) is 53.7 Å².